The molecule has 1 aromatic carbocycles. The number of nitro groups is 1. The molecular formula is C10H13N3O4S. The van der Waals surface area contributed by atoms with Crippen LogP contribution in [-0.2, 0) is 10.0 Å². The van der Waals surface area contributed by atoms with E-state index in [1.54, 1.807) is 0 Å². The quantitative estimate of drug-likeness (QED) is 0.468. The Bertz CT molecular complexity index is 581. The maximum atomic E-state index is 12.0. The molecule has 0 amide bonds. The van der Waals surface area contributed by atoms with Gasteiger partial charge in [0.1, 0.15) is 5.69 Å². The minimum atomic E-state index is -3.89. The molecule has 0 radical (unpaired) electrons. The van der Waals surface area contributed by atoms with Gasteiger partial charge in [0.05, 0.1) is 4.92 Å². The molecule has 1 aliphatic rings. The van der Waals surface area contributed by atoms with Crippen LogP contribution in [0.1, 0.15) is 12.8 Å². The van der Waals surface area contributed by atoms with E-state index in [0.717, 1.165) is 12.8 Å². The van der Waals surface area contributed by atoms with Gasteiger partial charge < -0.3 is 5.73 Å². The fourth-order valence-corrected chi connectivity index (χ4v) is 2.89. The zero-order chi connectivity index (χ0) is 13.3. The Morgan fingerprint density at radius 1 is 1.44 bits per heavy atom. The summed E-state index contributed by atoms with van der Waals surface area (Å²) in [5, 5.41) is 10.9. The molecule has 3 N–H and O–H groups in total. The maximum Gasteiger partial charge on any atom is 0.312 e. The molecular weight excluding hydrogens is 258 g/mol. The lowest BCUT2D eigenvalue weighted by atomic mass is 10.3. The Balaban J connectivity index is 2.36. The van der Waals surface area contributed by atoms with Crippen LogP contribution >= 0.6 is 0 Å². The summed E-state index contributed by atoms with van der Waals surface area (Å²) in [5.41, 5.74) is 4.73. The van der Waals surface area contributed by atoms with Crippen LogP contribution in [0.5, 0.6) is 0 Å². The lowest BCUT2D eigenvalue weighted by Crippen LogP contribution is -2.26. The third-order valence-electron chi connectivity index (χ3n) is 2.76. The van der Waals surface area contributed by atoms with Crippen molar-refractivity contribution in [3.05, 3.63) is 28.3 Å². The van der Waals surface area contributed by atoms with E-state index in [2.05, 4.69) is 4.72 Å². The SMILES string of the molecule is Nc1cccc(S(=O)(=O)NCC2CC2)c1[N+](=O)[O-]. The average Bonchev–Trinajstić information content (AvgIpc) is 3.09. The van der Waals surface area contributed by atoms with E-state index in [1.165, 1.54) is 18.2 Å². The minimum absolute atomic E-state index is 0.158. The Hall–Kier alpha value is -1.67. The van der Waals surface area contributed by atoms with Crippen LogP contribution in [0.25, 0.3) is 0 Å². The van der Waals surface area contributed by atoms with Crippen LogP contribution in [0.15, 0.2) is 23.1 Å². The van der Waals surface area contributed by atoms with Crippen molar-refractivity contribution >= 4 is 21.4 Å². The van der Waals surface area contributed by atoms with Gasteiger partial charge in [0.25, 0.3) is 0 Å². The van der Waals surface area contributed by atoms with Gasteiger partial charge in [-0.2, -0.15) is 0 Å². The molecule has 98 valence electrons. The molecule has 7 nitrogen and oxygen atoms in total. The second-order valence-electron chi connectivity index (χ2n) is 4.25. The van der Waals surface area contributed by atoms with Gasteiger partial charge in [0.15, 0.2) is 4.90 Å². The molecule has 0 spiro atoms. The largest absolute Gasteiger partial charge is 0.393 e. The first kappa shape index (κ1) is 12.8. The molecule has 0 bridgehead atoms. The van der Waals surface area contributed by atoms with Gasteiger partial charge in [-0.05, 0) is 30.9 Å². The number of rotatable bonds is 5. The topological polar surface area (TPSA) is 115 Å². The molecule has 2 rings (SSSR count). The van der Waals surface area contributed by atoms with Crippen molar-refractivity contribution in [2.75, 3.05) is 12.3 Å². The number of para-hydroxylation sites is 1. The van der Waals surface area contributed by atoms with Gasteiger partial charge in [0.2, 0.25) is 10.0 Å². The fourth-order valence-electron chi connectivity index (χ4n) is 1.58. The normalized spacial score (nSPS) is 15.6. The number of nitrogens with one attached hydrogen (secondary N) is 1. The Labute approximate surface area is 104 Å². The lowest BCUT2D eigenvalue weighted by Gasteiger charge is -2.07. The predicted octanol–water partition coefficient (Wildman–Crippen LogP) is 0.865. The highest BCUT2D eigenvalue weighted by atomic mass is 32.2. The first-order valence-electron chi connectivity index (χ1n) is 5.44. The van der Waals surface area contributed by atoms with Crippen LogP contribution in [0, 0.1) is 16.0 Å². The first-order valence-corrected chi connectivity index (χ1v) is 6.92. The molecule has 8 heteroatoms. The van der Waals surface area contributed by atoms with Gasteiger partial charge >= 0.3 is 5.69 Å². The van der Waals surface area contributed by atoms with E-state index in [0.29, 0.717) is 12.5 Å². The number of nitro benzene ring substituents is 1. The van der Waals surface area contributed by atoms with Crippen LogP contribution in [0.3, 0.4) is 0 Å². The molecule has 0 saturated heterocycles. The molecule has 0 aliphatic heterocycles. The summed E-state index contributed by atoms with van der Waals surface area (Å²) in [5.74, 6) is 0.347. The van der Waals surface area contributed by atoms with Gasteiger partial charge in [-0.15, -0.1) is 0 Å². The van der Waals surface area contributed by atoms with Crippen molar-refractivity contribution in [1.82, 2.24) is 4.72 Å². The number of hydrogen-bond donors (Lipinski definition) is 2. The first-order chi connectivity index (χ1) is 8.42. The van der Waals surface area contributed by atoms with Crippen molar-refractivity contribution in [2.45, 2.75) is 17.7 Å². The Morgan fingerprint density at radius 2 is 2.11 bits per heavy atom. The summed E-state index contributed by atoms with van der Waals surface area (Å²) in [4.78, 5) is 9.71. The van der Waals surface area contributed by atoms with Crippen molar-refractivity contribution in [1.29, 1.82) is 0 Å². The predicted molar refractivity (Wildman–Crippen MR) is 65.4 cm³/mol. The van der Waals surface area contributed by atoms with Crippen molar-refractivity contribution in [3.8, 4) is 0 Å². The summed E-state index contributed by atoms with van der Waals surface area (Å²) < 4.78 is 26.3. The smallest absolute Gasteiger partial charge is 0.312 e. The van der Waals surface area contributed by atoms with E-state index >= 15 is 0 Å². The molecule has 1 fully saturated rings. The molecule has 0 heterocycles. The van der Waals surface area contributed by atoms with Gasteiger partial charge in [-0.1, -0.05) is 6.07 Å². The summed E-state index contributed by atoms with van der Waals surface area (Å²) in [6, 6.07) is 3.87. The summed E-state index contributed by atoms with van der Waals surface area (Å²) >= 11 is 0. The van der Waals surface area contributed by atoms with Crippen LogP contribution < -0.4 is 10.5 Å². The van der Waals surface area contributed by atoms with Crippen LogP contribution in [-0.4, -0.2) is 19.9 Å². The number of nitrogens with two attached hydrogens (primary N) is 1. The van der Waals surface area contributed by atoms with Gasteiger partial charge in [0, 0.05) is 6.54 Å². The summed E-state index contributed by atoms with van der Waals surface area (Å²) in [6.07, 6.45) is 1.98. The Morgan fingerprint density at radius 3 is 2.67 bits per heavy atom. The summed E-state index contributed by atoms with van der Waals surface area (Å²) in [7, 11) is -3.89. The van der Waals surface area contributed by atoms with E-state index in [4.69, 9.17) is 5.73 Å². The van der Waals surface area contributed by atoms with E-state index in [-0.39, 0.29) is 10.6 Å². The molecule has 1 aromatic rings. The minimum Gasteiger partial charge on any atom is -0.393 e. The van der Waals surface area contributed by atoms with Crippen LogP contribution in [0.4, 0.5) is 11.4 Å². The standard InChI is InChI=1S/C10H13N3O4S/c11-8-2-1-3-9(10(8)13(14)15)18(16,17)12-6-7-4-5-7/h1-3,7,12H,4-6,11H2. The highest BCUT2D eigenvalue weighted by Gasteiger charge is 2.30. The molecule has 18 heavy (non-hydrogen) atoms. The number of sulfonamides is 1. The average molecular weight is 271 g/mol. The van der Waals surface area contributed by atoms with Gasteiger partial charge in [-0.3, -0.25) is 10.1 Å². The Kier molecular flexibility index (Phi) is 3.22. The monoisotopic (exact) mass is 271 g/mol. The number of nitrogen functional groups attached to an aromatic ring is 1. The third kappa shape index (κ3) is 2.59. The number of benzene rings is 1. The second-order valence-corrected chi connectivity index (χ2v) is 5.98. The van der Waals surface area contributed by atoms with Crippen molar-refractivity contribution < 1.29 is 13.3 Å². The molecule has 1 aliphatic carbocycles. The number of nitrogens with zero attached hydrogens (tertiary/aromatic N) is 1. The fraction of sp³-hybridized carbons (Fsp3) is 0.400. The number of anilines is 1. The number of hydrogen-bond acceptors (Lipinski definition) is 5. The third-order valence-corrected chi connectivity index (χ3v) is 4.22. The van der Waals surface area contributed by atoms with E-state index in [9.17, 15) is 18.5 Å². The van der Waals surface area contributed by atoms with Crippen molar-refractivity contribution in [3.63, 3.8) is 0 Å². The molecule has 0 aromatic heterocycles. The zero-order valence-corrected chi connectivity index (χ0v) is 10.3. The van der Waals surface area contributed by atoms with Crippen molar-refractivity contribution in [2.24, 2.45) is 5.92 Å². The maximum absolute atomic E-state index is 12.0. The van der Waals surface area contributed by atoms with E-state index < -0.39 is 20.6 Å². The van der Waals surface area contributed by atoms with Crippen LogP contribution in [0.2, 0.25) is 0 Å². The lowest BCUT2D eigenvalue weighted by molar-refractivity contribution is -0.386. The zero-order valence-electron chi connectivity index (χ0n) is 9.50. The highest BCUT2D eigenvalue weighted by Crippen LogP contribution is 2.31. The summed E-state index contributed by atoms with van der Waals surface area (Å²) in [6.45, 7) is 0.314. The molecule has 0 unspecified atom stereocenters. The van der Waals surface area contributed by atoms with E-state index in [1.807, 2.05) is 0 Å². The molecule has 0 atom stereocenters. The highest BCUT2D eigenvalue weighted by molar-refractivity contribution is 7.89. The molecule has 1 saturated carbocycles. The second kappa shape index (κ2) is 4.54. The van der Waals surface area contributed by atoms with Gasteiger partial charge in [-0.25, -0.2) is 13.1 Å².